The Balaban J connectivity index is 2.09. The van der Waals surface area contributed by atoms with Crippen LogP contribution in [0.4, 0.5) is 0 Å². The number of aliphatic hydroxyl groups excluding tert-OH is 1. The van der Waals surface area contributed by atoms with E-state index in [0.717, 1.165) is 30.8 Å². The minimum absolute atomic E-state index is 0.339. The smallest absolute Gasteiger partial charge is 0.0434 e. The van der Waals surface area contributed by atoms with Gasteiger partial charge in [0.05, 0.1) is 0 Å². The first-order valence-corrected chi connectivity index (χ1v) is 7.01. The molecule has 0 aliphatic heterocycles. The van der Waals surface area contributed by atoms with Gasteiger partial charge in [-0.25, -0.2) is 0 Å². The summed E-state index contributed by atoms with van der Waals surface area (Å²) < 4.78 is 0. The molecule has 0 aromatic heterocycles. The van der Waals surface area contributed by atoms with Crippen molar-refractivity contribution < 1.29 is 5.11 Å². The van der Waals surface area contributed by atoms with Gasteiger partial charge in [-0.1, -0.05) is 27.2 Å². The standard InChI is InChI=1S/C14H29NO/c1-4-5-12(6-7-16)10-15-14-8-13(9-14)11(2)3/h11-16H,4-10H2,1-3H3. The van der Waals surface area contributed by atoms with Gasteiger partial charge in [0.1, 0.15) is 0 Å². The third kappa shape index (κ3) is 4.42. The number of rotatable bonds is 8. The molecule has 2 N–H and O–H groups in total. The van der Waals surface area contributed by atoms with Gasteiger partial charge in [-0.15, -0.1) is 0 Å². The van der Waals surface area contributed by atoms with Gasteiger partial charge in [-0.2, -0.15) is 0 Å². The molecule has 0 saturated heterocycles. The topological polar surface area (TPSA) is 32.3 Å². The summed E-state index contributed by atoms with van der Waals surface area (Å²) in [5, 5.41) is 12.6. The highest BCUT2D eigenvalue weighted by Crippen LogP contribution is 2.33. The van der Waals surface area contributed by atoms with Crippen LogP contribution >= 0.6 is 0 Å². The lowest BCUT2D eigenvalue weighted by Gasteiger charge is -2.39. The van der Waals surface area contributed by atoms with Gasteiger partial charge in [0.2, 0.25) is 0 Å². The maximum Gasteiger partial charge on any atom is 0.0434 e. The Morgan fingerprint density at radius 3 is 2.44 bits per heavy atom. The van der Waals surface area contributed by atoms with E-state index >= 15 is 0 Å². The minimum atomic E-state index is 0.339. The Labute approximate surface area is 101 Å². The van der Waals surface area contributed by atoms with Gasteiger partial charge in [0, 0.05) is 12.6 Å². The van der Waals surface area contributed by atoms with Gasteiger partial charge in [0.15, 0.2) is 0 Å². The van der Waals surface area contributed by atoms with Crippen molar-refractivity contribution in [3.05, 3.63) is 0 Å². The van der Waals surface area contributed by atoms with E-state index in [1.54, 1.807) is 0 Å². The predicted octanol–water partition coefficient (Wildman–Crippen LogP) is 2.81. The Bertz CT molecular complexity index is 170. The second-order valence-corrected chi connectivity index (χ2v) is 5.75. The molecule has 0 bridgehead atoms. The van der Waals surface area contributed by atoms with Gasteiger partial charge in [0.25, 0.3) is 0 Å². The number of hydrogen-bond donors (Lipinski definition) is 2. The quantitative estimate of drug-likeness (QED) is 0.668. The molecule has 1 atom stereocenters. The summed E-state index contributed by atoms with van der Waals surface area (Å²) in [6.45, 7) is 8.32. The van der Waals surface area contributed by atoms with Crippen LogP contribution in [0.5, 0.6) is 0 Å². The van der Waals surface area contributed by atoms with Gasteiger partial charge in [-0.05, 0) is 50.0 Å². The van der Waals surface area contributed by atoms with Gasteiger partial charge >= 0.3 is 0 Å². The first kappa shape index (κ1) is 14.0. The molecular weight excluding hydrogens is 198 g/mol. The monoisotopic (exact) mass is 227 g/mol. The fourth-order valence-electron chi connectivity index (χ4n) is 2.65. The molecule has 2 heteroatoms. The van der Waals surface area contributed by atoms with E-state index in [1.165, 1.54) is 25.7 Å². The summed E-state index contributed by atoms with van der Waals surface area (Å²) in [6.07, 6.45) is 6.14. The van der Waals surface area contributed by atoms with E-state index < -0.39 is 0 Å². The summed E-state index contributed by atoms with van der Waals surface area (Å²) in [7, 11) is 0. The normalized spacial score (nSPS) is 26.8. The van der Waals surface area contributed by atoms with E-state index in [1.807, 2.05) is 0 Å². The molecule has 1 rings (SSSR count). The average Bonchev–Trinajstić information content (AvgIpc) is 2.15. The molecule has 0 radical (unpaired) electrons. The Hall–Kier alpha value is -0.0800. The predicted molar refractivity (Wildman–Crippen MR) is 69.5 cm³/mol. The maximum absolute atomic E-state index is 8.99. The molecule has 1 aliphatic carbocycles. The molecule has 0 aromatic rings. The minimum Gasteiger partial charge on any atom is -0.396 e. The summed E-state index contributed by atoms with van der Waals surface area (Å²) in [5.41, 5.74) is 0. The maximum atomic E-state index is 8.99. The van der Waals surface area contributed by atoms with Crippen LogP contribution in [0.1, 0.15) is 52.9 Å². The molecule has 1 unspecified atom stereocenters. The molecule has 1 aliphatic rings. The molecule has 0 amide bonds. The zero-order valence-electron chi connectivity index (χ0n) is 11.2. The molecule has 0 aromatic carbocycles. The lowest BCUT2D eigenvalue weighted by molar-refractivity contribution is 0.158. The van der Waals surface area contributed by atoms with Crippen molar-refractivity contribution in [1.82, 2.24) is 5.32 Å². The lowest BCUT2D eigenvalue weighted by atomic mass is 9.73. The first-order chi connectivity index (χ1) is 7.67. The molecule has 1 saturated carbocycles. The van der Waals surface area contributed by atoms with Crippen LogP contribution in [-0.4, -0.2) is 24.3 Å². The van der Waals surface area contributed by atoms with Crippen molar-refractivity contribution in [1.29, 1.82) is 0 Å². The van der Waals surface area contributed by atoms with Crippen molar-refractivity contribution in [3.63, 3.8) is 0 Å². The Morgan fingerprint density at radius 1 is 1.25 bits per heavy atom. The van der Waals surface area contributed by atoms with Gasteiger partial charge < -0.3 is 10.4 Å². The van der Waals surface area contributed by atoms with Gasteiger partial charge in [-0.3, -0.25) is 0 Å². The summed E-state index contributed by atoms with van der Waals surface area (Å²) in [5.74, 6) is 2.47. The van der Waals surface area contributed by atoms with E-state index in [4.69, 9.17) is 5.11 Å². The molecule has 96 valence electrons. The van der Waals surface area contributed by atoms with E-state index in [2.05, 4.69) is 26.1 Å². The third-order valence-electron chi connectivity index (χ3n) is 4.05. The van der Waals surface area contributed by atoms with Crippen LogP contribution in [0.3, 0.4) is 0 Å². The van der Waals surface area contributed by atoms with Crippen LogP contribution in [0.2, 0.25) is 0 Å². The molecular formula is C14H29NO. The fraction of sp³-hybridized carbons (Fsp3) is 1.00. The largest absolute Gasteiger partial charge is 0.396 e. The summed E-state index contributed by atoms with van der Waals surface area (Å²) in [4.78, 5) is 0. The van der Waals surface area contributed by atoms with E-state index in [-0.39, 0.29) is 0 Å². The van der Waals surface area contributed by atoms with E-state index in [0.29, 0.717) is 12.5 Å². The molecule has 2 nitrogen and oxygen atoms in total. The van der Waals surface area contributed by atoms with Crippen LogP contribution in [0.15, 0.2) is 0 Å². The average molecular weight is 227 g/mol. The molecule has 0 spiro atoms. The van der Waals surface area contributed by atoms with Crippen molar-refractivity contribution in [3.8, 4) is 0 Å². The number of nitrogens with one attached hydrogen (secondary N) is 1. The Morgan fingerprint density at radius 2 is 1.94 bits per heavy atom. The molecule has 1 fully saturated rings. The fourth-order valence-corrected chi connectivity index (χ4v) is 2.65. The zero-order valence-corrected chi connectivity index (χ0v) is 11.2. The Kier molecular flexibility index (Phi) is 6.37. The second kappa shape index (κ2) is 7.29. The van der Waals surface area contributed by atoms with Crippen LogP contribution < -0.4 is 5.32 Å². The SMILES string of the molecule is CCCC(CCO)CNC1CC(C(C)C)C1. The van der Waals surface area contributed by atoms with E-state index in [9.17, 15) is 0 Å². The van der Waals surface area contributed by atoms with Crippen molar-refractivity contribution in [2.75, 3.05) is 13.2 Å². The van der Waals surface area contributed by atoms with Crippen molar-refractivity contribution in [2.45, 2.75) is 58.9 Å². The lowest BCUT2D eigenvalue weighted by Crippen LogP contribution is -2.44. The van der Waals surface area contributed by atoms with Crippen molar-refractivity contribution in [2.24, 2.45) is 17.8 Å². The highest BCUT2D eigenvalue weighted by atomic mass is 16.3. The number of aliphatic hydroxyl groups is 1. The highest BCUT2D eigenvalue weighted by Gasteiger charge is 2.30. The summed E-state index contributed by atoms with van der Waals surface area (Å²) >= 11 is 0. The zero-order chi connectivity index (χ0) is 12.0. The highest BCUT2D eigenvalue weighted by molar-refractivity contribution is 4.86. The molecule has 0 heterocycles. The van der Waals surface area contributed by atoms with Crippen LogP contribution in [0.25, 0.3) is 0 Å². The third-order valence-corrected chi connectivity index (χ3v) is 4.05. The van der Waals surface area contributed by atoms with Crippen LogP contribution in [-0.2, 0) is 0 Å². The summed E-state index contributed by atoms with van der Waals surface area (Å²) in [6, 6.07) is 0.755. The number of hydrogen-bond acceptors (Lipinski definition) is 2. The molecule has 16 heavy (non-hydrogen) atoms. The first-order valence-electron chi connectivity index (χ1n) is 7.01. The van der Waals surface area contributed by atoms with Crippen LogP contribution in [0, 0.1) is 17.8 Å². The second-order valence-electron chi connectivity index (χ2n) is 5.75. The van der Waals surface area contributed by atoms with Crippen molar-refractivity contribution >= 4 is 0 Å².